The Morgan fingerprint density at radius 3 is 2.27 bits per heavy atom. The van der Waals surface area contributed by atoms with Crippen molar-refractivity contribution in [3.8, 4) is 0 Å². The first-order valence-corrected chi connectivity index (χ1v) is 9.03. The Bertz CT molecular complexity index is 313. The topological polar surface area (TPSA) is 38.3 Å². The Kier molecular flexibility index (Phi) is 10.2. The maximum Gasteiger partial charge on any atom is 0.152 e. The molecule has 0 amide bonds. The maximum atomic E-state index is 12.6. The lowest BCUT2D eigenvalue weighted by Gasteiger charge is -2.31. The fraction of sp³-hybridized carbons (Fsp3) is 0.947. The molecule has 132 valence electrons. The first-order chi connectivity index (χ1) is 10.2. The standard InChI is InChI=1S/C19H39NO2/c1-8-9-10-13-19(6,20-7)17(21)11-14-18(4,5)22-15-12-16(2)3/h16,20H,8-15H2,1-7H3. The lowest BCUT2D eigenvalue weighted by molar-refractivity contribution is -0.126. The van der Waals surface area contributed by atoms with Crippen molar-refractivity contribution >= 4 is 5.78 Å². The Labute approximate surface area is 138 Å². The van der Waals surface area contributed by atoms with Gasteiger partial charge in [-0.3, -0.25) is 4.79 Å². The van der Waals surface area contributed by atoms with E-state index in [0.29, 0.717) is 18.1 Å². The van der Waals surface area contributed by atoms with Crippen LogP contribution in [-0.4, -0.2) is 30.6 Å². The number of likely N-dealkylation sites (N-methyl/N-ethyl adjacent to an activating group) is 1. The summed E-state index contributed by atoms with van der Waals surface area (Å²) in [6.07, 6.45) is 6.84. The molecule has 0 bridgehead atoms. The molecule has 0 heterocycles. The lowest BCUT2D eigenvalue weighted by Crippen LogP contribution is -2.48. The van der Waals surface area contributed by atoms with E-state index in [1.165, 1.54) is 12.8 Å². The number of nitrogens with one attached hydrogen (secondary N) is 1. The summed E-state index contributed by atoms with van der Waals surface area (Å²) in [5.41, 5.74) is -0.605. The van der Waals surface area contributed by atoms with Crippen LogP contribution < -0.4 is 5.32 Å². The zero-order valence-corrected chi connectivity index (χ0v) is 16.1. The van der Waals surface area contributed by atoms with Gasteiger partial charge in [0.1, 0.15) is 0 Å². The van der Waals surface area contributed by atoms with Crippen molar-refractivity contribution in [2.45, 2.75) is 97.6 Å². The van der Waals surface area contributed by atoms with Crippen LogP contribution in [0.4, 0.5) is 0 Å². The number of hydrogen-bond donors (Lipinski definition) is 1. The molecular formula is C19H39NO2. The van der Waals surface area contributed by atoms with E-state index in [4.69, 9.17) is 4.74 Å². The van der Waals surface area contributed by atoms with Gasteiger partial charge in [-0.25, -0.2) is 0 Å². The normalized spacial score (nSPS) is 15.1. The van der Waals surface area contributed by atoms with E-state index in [-0.39, 0.29) is 11.1 Å². The van der Waals surface area contributed by atoms with Crippen LogP contribution >= 0.6 is 0 Å². The average Bonchev–Trinajstić information content (AvgIpc) is 2.44. The molecule has 0 saturated heterocycles. The van der Waals surface area contributed by atoms with E-state index in [2.05, 4.69) is 39.9 Å². The number of ketones is 1. The summed E-state index contributed by atoms with van der Waals surface area (Å²) in [4.78, 5) is 12.6. The van der Waals surface area contributed by atoms with Gasteiger partial charge in [0.25, 0.3) is 0 Å². The number of carbonyl (C=O) groups is 1. The number of rotatable bonds is 13. The highest BCUT2D eigenvalue weighted by molar-refractivity contribution is 5.88. The Morgan fingerprint density at radius 2 is 1.77 bits per heavy atom. The lowest BCUT2D eigenvalue weighted by atomic mass is 9.85. The zero-order chi connectivity index (χ0) is 17.2. The van der Waals surface area contributed by atoms with Gasteiger partial charge in [-0.05, 0) is 53.0 Å². The van der Waals surface area contributed by atoms with Crippen LogP contribution in [-0.2, 0) is 9.53 Å². The van der Waals surface area contributed by atoms with Crippen molar-refractivity contribution in [3.63, 3.8) is 0 Å². The fourth-order valence-corrected chi connectivity index (χ4v) is 2.47. The molecule has 0 radical (unpaired) electrons. The number of ether oxygens (including phenoxy) is 1. The van der Waals surface area contributed by atoms with Crippen LogP contribution in [0.5, 0.6) is 0 Å². The quantitative estimate of drug-likeness (QED) is 0.499. The van der Waals surface area contributed by atoms with Crippen LogP contribution in [0.3, 0.4) is 0 Å². The summed E-state index contributed by atoms with van der Waals surface area (Å²) in [6, 6.07) is 0. The van der Waals surface area contributed by atoms with Crippen LogP contribution in [0.1, 0.15) is 86.5 Å². The molecule has 0 fully saturated rings. The van der Waals surface area contributed by atoms with E-state index >= 15 is 0 Å². The smallest absolute Gasteiger partial charge is 0.152 e. The van der Waals surface area contributed by atoms with Gasteiger partial charge in [-0.2, -0.15) is 0 Å². The molecule has 0 aromatic carbocycles. The van der Waals surface area contributed by atoms with Crippen LogP contribution in [0.15, 0.2) is 0 Å². The molecule has 0 aliphatic carbocycles. The fourth-order valence-electron chi connectivity index (χ4n) is 2.47. The van der Waals surface area contributed by atoms with Crippen LogP contribution in [0, 0.1) is 5.92 Å². The Morgan fingerprint density at radius 1 is 1.14 bits per heavy atom. The van der Waals surface area contributed by atoms with Gasteiger partial charge in [0.2, 0.25) is 0 Å². The number of Topliss-reactive ketones (excluding diaryl/α,β-unsaturated/α-hetero) is 1. The molecule has 0 saturated carbocycles. The highest BCUT2D eigenvalue weighted by atomic mass is 16.5. The predicted molar refractivity (Wildman–Crippen MR) is 95.3 cm³/mol. The van der Waals surface area contributed by atoms with Gasteiger partial charge < -0.3 is 10.1 Å². The van der Waals surface area contributed by atoms with E-state index in [9.17, 15) is 4.79 Å². The summed E-state index contributed by atoms with van der Waals surface area (Å²) in [5, 5.41) is 3.24. The van der Waals surface area contributed by atoms with Crippen molar-refractivity contribution < 1.29 is 9.53 Å². The highest BCUT2D eigenvalue weighted by Gasteiger charge is 2.31. The van der Waals surface area contributed by atoms with Gasteiger partial charge in [0, 0.05) is 13.0 Å². The largest absolute Gasteiger partial charge is 0.376 e. The van der Waals surface area contributed by atoms with Gasteiger partial charge in [-0.1, -0.05) is 40.0 Å². The number of carbonyl (C=O) groups excluding carboxylic acids is 1. The summed E-state index contributed by atoms with van der Waals surface area (Å²) in [5.74, 6) is 0.968. The van der Waals surface area contributed by atoms with Crippen LogP contribution in [0.2, 0.25) is 0 Å². The molecule has 3 heteroatoms. The summed E-state index contributed by atoms with van der Waals surface area (Å²) in [6.45, 7) is 13.6. The number of hydrogen-bond acceptors (Lipinski definition) is 3. The second-order valence-corrected chi connectivity index (χ2v) is 7.75. The highest BCUT2D eigenvalue weighted by Crippen LogP contribution is 2.23. The summed E-state index contributed by atoms with van der Waals surface area (Å²) < 4.78 is 5.96. The third kappa shape index (κ3) is 8.89. The molecular weight excluding hydrogens is 274 g/mol. The van der Waals surface area contributed by atoms with Crippen molar-refractivity contribution in [1.29, 1.82) is 0 Å². The second-order valence-electron chi connectivity index (χ2n) is 7.75. The first kappa shape index (κ1) is 21.6. The summed E-state index contributed by atoms with van der Waals surface area (Å²) >= 11 is 0. The molecule has 1 unspecified atom stereocenters. The molecule has 0 aliphatic rings. The third-order valence-electron chi connectivity index (χ3n) is 4.59. The van der Waals surface area contributed by atoms with Crippen molar-refractivity contribution in [2.24, 2.45) is 5.92 Å². The van der Waals surface area contributed by atoms with Crippen molar-refractivity contribution in [1.82, 2.24) is 5.32 Å². The van der Waals surface area contributed by atoms with Crippen molar-refractivity contribution in [3.05, 3.63) is 0 Å². The van der Waals surface area contributed by atoms with E-state index < -0.39 is 0 Å². The Hall–Kier alpha value is -0.410. The van der Waals surface area contributed by atoms with Gasteiger partial charge in [0.05, 0.1) is 11.1 Å². The minimum absolute atomic E-state index is 0.220. The zero-order valence-electron chi connectivity index (χ0n) is 16.1. The molecule has 0 aromatic heterocycles. The van der Waals surface area contributed by atoms with E-state index in [1.54, 1.807) is 0 Å². The third-order valence-corrected chi connectivity index (χ3v) is 4.59. The molecule has 3 nitrogen and oxygen atoms in total. The van der Waals surface area contributed by atoms with E-state index in [1.807, 2.05) is 14.0 Å². The van der Waals surface area contributed by atoms with Gasteiger partial charge in [0.15, 0.2) is 5.78 Å². The van der Waals surface area contributed by atoms with Crippen LogP contribution in [0.25, 0.3) is 0 Å². The molecule has 0 aliphatic heterocycles. The molecule has 0 aromatic rings. The first-order valence-electron chi connectivity index (χ1n) is 9.03. The second kappa shape index (κ2) is 10.4. The minimum atomic E-state index is -0.386. The molecule has 1 atom stereocenters. The molecule has 0 spiro atoms. The SMILES string of the molecule is CCCCCC(C)(NC)C(=O)CCC(C)(C)OCCC(C)C. The molecule has 1 N–H and O–H groups in total. The Balaban J connectivity index is 4.31. The maximum absolute atomic E-state index is 12.6. The van der Waals surface area contributed by atoms with Gasteiger partial charge >= 0.3 is 0 Å². The summed E-state index contributed by atoms with van der Waals surface area (Å²) in [7, 11) is 1.90. The average molecular weight is 314 g/mol. The predicted octanol–water partition coefficient (Wildman–Crippen LogP) is 4.74. The molecule has 0 rings (SSSR count). The van der Waals surface area contributed by atoms with Gasteiger partial charge in [-0.15, -0.1) is 0 Å². The molecule has 22 heavy (non-hydrogen) atoms. The monoisotopic (exact) mass is 313 g/mol. The minimum Gasteiger partial charge on any atom is -0.376 e. The van der Waals surface area contributed by atoms with E-state index in [0.717, 1.165) is 32.3 Å². The van der Waals surface area contributed by atoms with Crippen molar-refractivity contribution in [2.75, 3.05) is 13.7 Å². The number of unbranched alkanes of at least 4 members (excludes halogenated alkanes) is 2.